The van der Waals surface area contributed by atoms with Gasteiger partial charge in [-0.15, -0.1) is 0 Å². The molecule has 5 nitrogen and oxygen atoms in total. The molecule has 3 aromatic carbocycles. The van der Waals surface area contributed by atoms with Crippen molar-refractivity contribution in [1.29, 1.82) is 0 Å². The molecule has 3 aliphatic rings. The van der Waals surface area contributed by atoms with Gasteiger partial charge in [-0.05, 0) is 35.7 Å². The summed E-state index contributed by atoms with van der Waals surface area (Å²) in [6, 6.07) is 22.8. The number of benzene rings is 4. The summed E-state index contributed by atoms with van der Waals surface area (Å²) < 4.78 is 0. The number of carbonyl (C=O) groups excluding carboxylic acids is 2. The molecule has 2 aliphatic carbocycles. The summed E-state index contributed by atoms with van der Waals surface area (Å²) in [4.78, 5) is 44.2. The van der Waals surface area contributed by atoms with E-state index in [1.165, 1.54) is 0 Å². The molecule has 0 amide bonds. The number of H-pyrrole nitrogens is 1. The molecule has 0 radical (unpaired) electrons. The van der Waals surface area contributed by atoms with Gasteiger partial charge >= 0.3 is 0 Å². The third-order valence-corrected chi connectivity index (χ3v) is 6.21. The number of carbonyl (C=O) groups is 2. The van der Waals surface area contributed by atoms with Crippen LogP contribution in [0.15, 0.2) is 83.7 Å². The number of ketones is 2. The third-order valence-electron chi connectivity index (χ3n) is 5.98. The number of hydrogen-bond acceptors (Lipinski definition) is 4. The van der Waals surface area contributed by atoms with Crippen molar-refractivity contribution in [2.24, 2.45) is 0 Å². The van der Waals surface area contributed by atoms with Gasteiger partial charge in [0.25, 0.3) is 0 Å². The van der Waals surface area contributed by atoms with E-state index in [-0.39, 0.29) is 39.4 Å². The van der Waals surface area contributed by atoms with E-state index in [1.807, 2.05) is 24.3 Å². The van der Waals surface area contributed by atoms with Crippen molar-refractivity contribution in [1.82, 2.24) is 4.98 Å². The Morgan fingerprint density at radius 3 is 2.15 bits per heavy atom. The van der Waals surface area contributed by atoms with E-state index < -0.39 is 0 Å². The molecule has 0 aromatic heterocycles. The predicted molar refractivity (Wildman–Crippen MR) is 129 cm³/mol. The lowest BCUT2D eigenvalue weighted by atomic mass is 9.79. The van der Waals surface area contributed by atoms with Gasteiger partial charge in [-0.3, -0.25) is 14.4 Å². The molecule has 1 heterocycles. The quantitative estimate of drug-likeness (QED) is 0.326. The fraction of sp³-hybridized carbons (Fsp3) is 0. The van der Waals surface area contributed by atoms with Crippen molar-refractivity contribution >= 4 is 45.4 Å². The maximum absolute atomic E-state index is 13.7. The van der Waals surface area contributed by atoms with Crippen LogP contribution in [0.1, 0.15) is 31.8 Å². The molecule has 6 heteroatoms. The highest BCUT2D eigenvalue weighted by Crippen LogP contribution is 2.38. The number of aromatic nitrogens is 1. The number of aromatic amines is 1. The minimum atomic E-state index is -0.370. The van der Waals surface area contributed by atoms with Crippen LogP contribution in [0.5, 0.6) is 0 Å². The molecule has 0 saturated carbocycles. The van der Waals surface area contributed by atoms with Gasteiger partial charge in [0, 0.05) is 32.9 Å². The SMILES string of the molecule is O=C1c2ccccc2C(=O)c2c1c1[nH]c3ccccc3cc-1c(=O)c2Nc1cccc(Cl)c1. The molecule has 0 spiro atoms. The normalized spacial score (nSPS) is 12.6. The molecular weight excluding hydrogens is 436 g/mol. The van der Waals surface area contributed by atoms with E-state index in [4.69, 9.17) is 11.6 Å². The van der Waals surface area contributed by atoms with Crippen LogP contribution >= 0.6 is 11.6 Å². The zero-order chi connectivity index (χ0) is 22.7. The van der Waals surface area contributed by atoms with Crippen molar-refractivity contribution in [2.45, 2.75) is 0 Å². The fourth-order valence-electron chi connectivity index (χ4n) is 4.47. The first-order valence-corrected chi connectivity index (χ1v) is 10.7. The molecule has 1 aliphatic heterocycles. The van der Waals surface area contributed by atoms with Gasteiger partial charge in [-0.2, -0.15) is 0 Å². The molecular formula is C27H15ClN2O3. The molecule has 6 rings (SSSR count). The van der Waals surface area contributed by atoms with Crippen LogP contribution in [0.2, 0.25) is 5.02 Å². The lowest BCUT2D eigenvalue weighted by Gasteiger charge is -2.24. The van der Waals surface area contributed by atoms with Crippen molar-refractivity contribution in [3.8, 4) is 11.3 Å². The van der Waals surface area contributed by atoms with E-state index in [2.05, 4.69) is 10.3 Å². The topological polar surface area (TPSA) is 79.0 Å². The van der Waals surface area contributed by atoms with E-state index >= 15 is 0 Å². The number of halogens is 1. The Morgan fingerprint density at radius 1 is 0.697 bits per heavy atom. The number of rotatable bonds is 2. The van der Waals surface area contributed by atoms with Gasteiger partial charge in [-0.25, -0.2) is 0 Å². The average molecular weight is 451 g/mol. The number of hydrogen-bond donors (Lipinski definition) is 2. The first kappa shape index (κ1) is 19.5. The molecule has 0 fully saturated rings. The Hall–Kier alpha value is -4.22. The fourth-order valence-corrected chi connectivity index (χ4v) is 4.66. The first-order chi connectivity index (χ1) is 16.0. The van der Waals surface area contributed by atoms with Crippen LogP contribution in [0.25, 0.3) is 22.2 Å². The Morgan fingerprint density at radius 2 is 1.39 bits per heavy atom. The summed E-state index contributed by atoms with van der Waals surface area (Å²) in [7, 11) is 0. The minimum absolute atomic E-state index is 0.0660. The van der Waals surface area contributed by atoms with Gasteiger partial charge in [0.2, 0.25) is 5.43 Å². The molecule has 158 valence electrons. The zero-order valence-electron chi connectivity index (χ0n) is 17.1. The predicted octanol–water partition coefficient (Wildman–Crippen LogP) is 5.81. The highest BCUT2D eigenvalue weighted by Gasteiger charge is 2.37. The number of anilines is 2. The lowest BCUT2D eigenvalue weighted by Crippen LogP contribution is -2.28. The molecule has 0 saturated heterocycles. The molecule has 0 atom stereocenters. The van der Waals surface area contributed by atoms with Crippen molar-refractivity contribution in [2.75, 3.05) is 5.32 Å². The highest BCUT2D eigenvalue weighted by atomic mass is 35.5. The molecule has 33 heavy (non-hydrogen) atoms. The average Bonchev–Trinajstić information content (AvgIpc) is 2.83. The number of fused-ring (bicyclic) bond motifs is 5. The second kappa shape index (κ2) is 7.15. The Kier molecular flexibility index (Phi) is 4.22. The second-order valence-corrected chi connectivity index (χ2v) is 8.38. The van der Waals surface area contributed by atoms with Crippen LogP contribution in [0.3, 0.4) is 0 Å². The maximum atomic E-state index is 13.7. The van der Waals surface area contributed by atoms with E-state index in [9.17, 15) is 14.4 Å². The van der Waals surface area contributed by atoms with E-state index in [0.29, 0.717) is 27.5 Å². The number of pyridine rings is 1. The van der Waals surface area contributed by atoms with Crippen LogP contribution in [0, 0.1) is 0 Å². The van der Waals surface area contributed by atoms with Crippen LogP contribution in [0.4, 0.5) is 11.4 Å². The molecule has 0 unspecified atom stereocenters. The number of para-hydroxylation sites is 1. The Labute approximate surface area is 193 Å². The van der Waals surface area contributed by atoms with Crippen LogP contribution in [-0.4, -0.2) is 16.6 Å². The van der Waals surface area contributed by atoms with Gasteiger partial charge in [0.1, 0.15) is 0 Å². The largest absolute Gasteiger partial charge is 0.354 e. The standard InChI is InChI=1S/C27H15ClN2O3/c28-15-7-5-8-16(13-15)29-24-22-21(25(31)17-9-2-3-10-18(17)26(22)32)23-19(27(24)33)12-14-6-1-4-11-20(14)30-23/h1-13,29-30H. The van der Waals surface area contributed by atoms with Gasteiger partial charge < -0.3 is 10.3 Å². The summed E-state index contributed by atoms with van der Waals surface area (Å²) in [5.74, 6) is -0.670. The van der Waals surface area contributed by atoms with E-state index in [1.54, 1.807) is 54.6 Å². The smallest absolute Gasteiger partial charge is 0.212 e. The number of nitrogens with one attached hydrogen (secondary N) is 2. The van der Waals surface area contributed by atoms with Crippen LogP contribution < -0.4 is 10.7 Å². The monoisotopic (exact) mass is 450 g/mol. The zero-order valence-corrected chi connectivity index (χ0v) is 17.9. The second-order valence-electron chi connectivity index (χ2n) is 7.94. The van der Waals surface area contributed by atoms with Crippen molar-refractivity contribution in [3.05, 3.63) is 116 Å². The summed E-state index contributed by atoms with van der Waals surface area (Å²) in [6.07, 6.45) is 0. The first-order valence-electron chi connectivity index (χ1n) is 10.4. The maximum Gasteiger partial charge on any atom is 0.212 e. The molecule has 2 N–H and O–H groups in total. The highest BCUT2D eigenvalue weighted by molar-refractivity contribution is 6.32. The van der Waals surface area contributed by atoms with Gasteiger partial charge in [0.05, 0.1) is 22.5 Å². The lowest BCUT2D eigenvalue weighted by molar-refractivity contribution is 0.0980. The minimum Gasteiger partial charge on any atom is -0.354 e. The van der Waals surface area contributed by atoms with E-state index in [0.717, 1.165) is 10.9 Å². The van der Waals surface area contributed by atoms with Gasteiger partial charge in [0.15, 0.2) is 11.6 Å². The van der Waals surface area contributed by atoms with Crippen molar-refractivity contribution in [3.63, 3.8) is 0 Å². The Balaban J connectivity index is 1.74. The van der Waals surface area contributed by atoms with Crippen LogP contribution in [-0.2, 0) is 0 Å². The summed E-state index contributed by atoms with van der Waals surface area (Å²) in [5.41, 5.74) is 2.57. The summed E-state index contributed by atoms with van der Waals surface area (Å²) in [5, 5.41) is 4.38. The summed E-state index contributed by atoms with van der Waals surface area (Å²) >= 11 is 6.13. The van der Waals surface area contributed by atoms with Crippen molar-refractivity contribution < 1.29 is 9.59 Å². The third kappa shape index (κ3) is 2.90. The molecule has 0 bridgehead atoms. The van der Waals surface area contributed by atoms with Gasteiger partial charge in [-0.1, -0.05) is 60.1 Å². The summed E-state index contributed by atoms with van der Waals surface area (Å²) in [6.45, 7) is 0. The Bertz CT molecular complexity index is 1670. The molecule has 3 aromatic rings.